The van der Waals surface area contributed by atoms with E-state index in [1.807, 2.05) is 24.3 Å². The van der Waals surface area contributed by atoms with E-state index >= 15 is 0 Å². The summed E-state index contributed by atoms with van der Waals surface area (Å²) in [6.07, 6.45) is 0. The number of allylic oxidation sites excluding steroid dienone is 2. The summed E-state index contributed by atoms with van der Waals surface area (Å²) in [4.78, 5) is 23.5. The van der Waals surface area contributed by atoms with Gasteiger partial charge < -0.3 is 14.2 Å². The molecule has 0 atom stereocenters. The molecule has 0 spiro atoms. The molecule has 5 nitrogen and oxygen atoms in total. The van der Waals surface area contributed by atoms with Crippen LogP contribution in [0.15, 0.2) is 72.2 Å². The largest absolute Gasteiger partial charge is 0.458 e. The van der Waals surface area contributed by atoms with Crippen molar-refractivity contribution in [3.8, 4) is 11.5 Å². The minimum Gasteiger partial charge on any atom is -0.458 e. The number of esters is 2. The monoisotopic (exact) mass is 366 g/mol. The molecule has 5 heteroatoms. The third-order valence-electron chi connectivity index (χ3n) is 3.75. The lowest BCUT2D eigenvalue weighted by Crippen LogP contribution is -2.09. The molecule has 0 aliphatic carbocycles. The fourth-order valence-corrected chi connectivity index (χ4v) is 2.14. The Morgan fingerprint density at radius 2 is 1.19 bits per heavy atom. The van der Waals surface area contributed by atoms with Crippen LogP contribution in [-0.4, -0.2) is 11.9 Å². The molecule has 0 amide bonds. The van der Waals surface area contributed by atoms with Crippen LogP contribution in [0.5, 0.6) is 11.5 Å². The molecule has 2 aromatic rings. The number of fused-ring (bicyclic) bond motifs is 1. The van der Waals surface area contributed by atoms with E-state index in [9.17, 15) is 9.59 Å². The molecule has 0 bridgehead atoms. The maximum absolute atomic E-state index is 11.8. The molecule has 27 heavy (non-hydrogen) atoms. The van der Waals surface area contributed by atoms with E-state index in [1.165, 1.54) is 0 Å². The third kappa shape index (κ3) is 4.85. The van der Waals surface area contributed by atoms with Crippen LogP contribution in [0.25, 0.3) is 10.8 Å². The molecule has 0 heterocycles. The van der Waals surface area contributed by atoms with Crippen molar-refractivity contribution in [2.45, 2.75) is 27.7 Å². The van der Waals surface area contributed by atoms with Gasteiger partial charge in [0.25, 0.3) is 0 Å². The van der Waals surface area contributed by atoms with Gasteiger partial charge in [-0.05, 0) is 39.8 Å². The smallest absolute Gasteiger partial charge is 0.338 e. The van der Waals surface area contributed by atoms with Gasteiger partial charge in [-0.25, -0.2) is 9.59 Å². The molecule has 0 aliphatic rings. The number of hydrogen-bond acceptors (Lipinski definition) is 5. The highest BCUT2D eigenvalue weighted by molar-refractivity contribution is 5.97. The number of hydrogen-bond donors (Lipinski definition) is 0. The van der Waals surface area contributed by atoms with Crippen molar-refractivity contribution in [1.29, 1.82) is 0 Å². The van der Waals surface area contributed by atoms with E-state index < -0.39 is 11.9 Å². The quantitative estimate of drug-likeness (QED) is 0.309. The zero-order valence-corrected chi connectivity index (χ0v) is 15.9. The Kier molecular flexibility index (Phi) is 6.19. The van der Waals surface area contributed by atoms with Gasteiger partial charge in [0.15, 0.2) is 0 Å². The average molecular weight is 366 g/mol. The van der Waals surface area contributed by atoms with Gasteiger partial charge in [0.05, 0.1) is 0 Å². The number of rotatable bonds is 6. The zero-order chi connectivity index (χ0) is 20.1. The summed E-state index contributed by atoms with van der Waals surface area (Å²) >= 11 is 0. The molecule has 0 radical (unpaired) electrons. The van der Waals surface area contributed by atoms with Crippen molar-refractivity contribution in [2.75, 3.05) is 0 Å². The predicted octanol–water partition coefficient (Wildman–Crippen LogP) is 5.07. The Labute approximate surface area is 158 Å². The molecule has 140 valence electrons. The average Bonchev–Trinajstić information content (AvgIpc) is 2.63. The molecule has 0 fully saturated rings. The first-order valence-corrected chi connectivity index (χ1v) is 8.33. The topological polar surface area (TPSA) is 61.8 Å². The molecule has 0 N–H and O–H groups in total. The highest BCUT2D eigenvalue weighted by Gasteiger charge is 2.14. The van der Waals surface area contributed by atoms with Crippen molar-refractivity contribution >= 4 is 22.7 Å². The van der Waals surface area contributed by atoms with E-state index in [2.05, 4.69) is 13.2 Å². The summed E-state index contributed by atoms with van der Waals surface area (Å²) in [6, 6.07) is 10.7. The highest BCUT2D eigenvalue weighted by atomic mass is 16.6. The second kappa shape index (κ2) is 8.36. The second-order valence-electron chi connectivity index (χ2n) is 6.16. The van der Waals surface area contributed by atoms with E-state index in [1.54, 1.807) is 39.8 Å². The molecular weight excluding hydrogens is 344 g/mol. The van der Waals surface area contributed by atoms with Crippen LogP contribution in [-0.2, 0) is 14.3 Å². The zero-order valence-electron chi connectivity index (χ0n) is 15.9. The molecule has 2 rings (SSSR count). The van der Waals surface area contributed by atoms with Crippen LogP contribution in [0.3, 0.4) is 0 Å². The number of benzene rings is 2. The Morgan fingerprint density at radius 3 is 1.67 bits per heavy atom. The SMILES string of the molecule is C=C(C)C(=O)O/C(C)=C(\C)Oc1ccc(OC(=O)C(=C)C)c2ccccc12. The number of carbonyl (C=O) groups excluding carboxylic acids is 2. The Hall–Kier alpha value is -3.34. The van der Waals surface area contributed by atoms with Gasteiger partial charge in [0.2, 0.25) is 0 Å². The van der Waals surface area contributed by atoms with Crippen LogP contribution >= 0.6 is 0 Å². The lowest BCUT2D eigenvalue weighted by molar-refractivity contribution is -0.135. The maximum Gasteiger partial charge on any atom is 0.338 e. The van der Waals surface area contributed by atoms with Crippen molar-refractivity contribution in [2.24, 2.45) is 0 Å². The van der Waals surface area contributed by atoms with Crippen molar-refractivity contribution in [1.82, 2.24) is 0 Å². The van der Waals surface area contributed by atoms with Crippen LogP contribution in [0.4, 0.5) is 0 Å². The first-order valence-electron chi connectivity index (χ1n) is 8.33. The van der Waals surface area contributed by atoms with Gasteiger partial charge in [-0.15, -0.1) is 0 Å². The van der Waals surface area contributed by atoms with Crippen molar-refractivity contribution in [3.05, 3.63) is 72.2 Å². The minimum absolute atomic E-state index is 0.302. The predicted molar refractivity (Wildman–Crippen MR) is 104 cm³/mol. The number of carbonyl (C=O) groups is 2. The lowest BCUT2D eigenvalue weighted by atomic mass is 10.1. The summed E-state index contributed by atoms with van der Waals surface area (Å²) in [6.45, 7) is 13.6. The first-order chi connectivity index (χ1) is 12.7. The van der Waals surface area contributed by atoms with Gasteiger partial charge in [-0.2, -0.15) is 0 Å². The number of ether oxygens (including phenoxy) is 3. The molecular formula is C22H22O5. The van der Waals surface area contributed by atoms with Gasteiger partial charge in [-0.3, -0.25) is 0 Å². The van der Waals surface area contributed by atoms with E-state index in [-0.39, 0.29) is 0 Å². The fourth-order valence-electron chi connectivity index (χ4n) is 2.14. The van der Waals surface area contributed by atoms with Gasteiger partial charge in [-0.1, -0.05) is 37.4 Å². The summed E-state index contributed by atoms with van der Waals surface area (Å²) < 4.78 is 16.5. The Bertz CT molecular complexity index is 966. The van der Waals surface area contributed by atoms with Crippen molar-refractivity contribution < 1.29 is 23.8 Å². The molecule has 0 saturated heterocycles. The standard InChI is InChI=1S/C22H22O5/c1-13(2)21(23)26-16(6)15(5)25-19-11-12-20(27-22(24)14(3)4)18-10-8-7-9-17(18)19/h7-12H,1,3H2,2,4-6H3/b16-15+. The third-order valence-corrected chi connectivity index (χ3v) is 3.75. The van der Waals surface area contributed by atoms with E-state index in [0.717, 1.165) is 5.39 Å². The van der Waals surface area contributed by atoms with Crippen molar-refractivity contribution in [3.63, 3.8) is 0 Å². The van der Waals surface area contributed by atoms with Crippen LogP contribution in [0.2, 0.25) is 0 Å². The van der Waals surface area contributed by atoms with E-state index in [0.29, 0.717) is 39.5 Å². The summed E-state index contributed by atoms with van der Waals surface area (Å²) in [5, 5.41) is 1.47. The van der Waals surface area contributed by atoms with Gasteiger partial charge in [0, 0.05) is 21.9 Å². The molecule has 2 aromatic carbocycles. The van der Waals surface area contributed by atoms with Crippen LogP contribution in [0, 0.1) is 0 Å². The summed E-state index contributed by atoms with van der Waals surface area (Å²) in [7, 11) is 0. The second-order valence-corrected chi connectivity index (χ2v) is 6.16. The van der Waals surface area contributed by atoms with Gasteiger partial charge >= 0.3 is 11.9 Å². The fraction of sp³-hybridized carbons (Fsp3) is 0.182. The minimum atomic E-state index is -0.512. The maximum atomic E-state index is 11.8. The summed E-state index contributed by atoms with van der Waals surface area (Å²) in [5.74, 6) is 0.725. The molecule has 0 saturated carbocycles. The molecule has 0 unspecified atom stereocenters. The highest BCUT2D eigenvalue weighted by Crippen LogP contribution is 2.34. The van der Waals surface area contributed by atoms with Gasteiger partial charge in [0.1, 0.15) is 23.0 Å². The van der Waals surface area contributed by atoms with Crippen LogP contribution < -0.4 is 9.47 Å². The lowest BCUT2D eigenvalue weighted by Gasteiger charge is -2.14. The van der Waals surface area contributed by atoms with E-state index in [4.69, 9.17) is 14.2 Å². The normalized spacial score (nSPS) is 11.4. The molecule has 0 aliphatic heterocycles. The Balaban J connectivity index is 2.37. The van der Waals surface area contributed by atoms with Crippen LogP contribution in [0.1, 0.15) is 27.7 Å². The first kappa shape index (κ1) is 20.0. The summed E-state index contributed by atoms with van der Waals surface area (Å²) in [5.41, 5.74) is 0.615. The Morgan fingerprint density at radius 1 is 0.704 bits per heavy atom. The molecule has 0 aromatic heterocycles.